The van der Waals surface area contributed by atoms with Crippen molar-refractivity contribution < 1.29 is 24.2 Å². The molecule has 1 aromatic heterocycles. The summed E-state index contributed by atoms with van der Waals surface area (Å²) in [6.07, 6.45) is 1.57. The molecule has 2 heterocycles. The molecule has 8 heteroatoms. The zero-order valence-corrected chi connectivity index (χ0v) is 21.8. The molecular formula is C30H26N2O5S. The maximum Gasteiger partial charge on any atom is 0.301 e. The van der Waals surface area contributed by atoms with E-state index in [1.165, 1.54) is 16.2 Å². The van der Waals surface area contributed by atoms with Gasteiger partial charge < -0.3 is 14.6 Å². The highest BCUT2D eigenvalue weighted by molar-refractivity contribution is 7.14. The van der Waals surface area contributed by atoms with E-state index < -0.39 is 17.7 Å². The van der Waals surface area contributed by atoms with Crippen LogP contribution in [-0.4, -0.2) is 28.4 Å². The highest BCUT2D eigenvalue weighted by Crippen LogP contribution is 2.43. The third-order valence-electron chi connectivity index (χ3n) is 6.19. The summed E-state index contributed by atoms with van der Waals surface area (Å²) < 4.78 is 11.4. The number of ether oxygens (including phenoxy) is 2. The topological polar surface area (TPSA) is 89.0 Å². The second-order valence-corrected chi connectivity index (χ2v) is 9.66. The van der Waals surface area contributed by atoms with Crippen LogP contribution in [0.5, 0.6) is 11.5 Å². The van der Waals surface area contributed by atoms with E-state index in [0.29, 0.717) is 41.0 Å². The number of aryl methyl sites for hydroxylation is 1. The van der Waals surface area contributed by atoms with Crippen LogP contribution < -0.4 is 14.4 Å². The fraction of sp³-hybridized carbons (Fsp3) is 0.167. The molecule has 0 radical (unpaired) electrons. The summed E-state index contributed by atoms with van der Waals surface area (Å²) in [7, 11) is 0. The Bertz CT molecular complexity index is 1480. The molecule has 0 aliphatic carbocycles. The molecule has 1 amide bonds. The number of benzene rings is 3. The highest BCUT2D eigenvalue weighted by atomic mass is 32.1. The van der Waals surface area contributed by atoms with E-state index in [0.717, 1.165) is 11.1 Å². The number of thiazole rings is 1. The first-order valence-corrected chi connectivity index (χ1v) is 13.1. The fourth-order valence-corrected chi connectivity index (χ4v) is 5.09. The van der Waals surface area contributed by atoms with Crippen molar-refractivity contribution >= 4 is 33.9 Å². The summed E-state index contributed by atoms with van der Waals surface area (Å²) in [6.45, 7) is 4.84. The Morgan fingerprint density at radius 1 is 1.00 bits per heavy atom. The molecular weight excluding hydrogens is 500 g/mol. The van der Waals surface area contributed by atoms with Crippen molar-refractivity contribution in [2.24, 2.45) is 0 Å². The van der Waals surface area contributed by atoms with E-state index in [-0.39, 0.29) is 11.3 Å². The van der Waals surface area contributed by atoms with Crippen molar-refractivity contribution in [3.05, 3.63) is 112 Å². The maximum absolute atomic E-state index is 13.3. The number of carbonyl (C=O) groups excluding carboxylic acids is 2. The van der Waals surface area contributed by atoms with Crippen LogP contribution in [0.25, 0.3) is 5.76 Å². The number of rotatable bonds is 8. The number of nitrogens with zero attached hydrogens (tertiary/aromatic N) is 2. The minimum absolute atomic E-state index is 0.00258. The zero-order valence-electron chi connectivity index (χ0n) is 21.0. The van der Waals surface area contributed by atoms with Gasteiger partial charge in [-0.3, -0.25) is 14.5 Å². The summed E-state index contributed by atoms with van der Waals surface area (Å²) in [5.41, 5.74) is 3.27. The number of ketones is 1. The van der Waals surface area contributed by atoms with Crippen LogP contribution in [-0.2, 0) is 16.2 Å². The first-order chi connectivity index (χ1) is 18.5. The quantitative estimate of drug-likeness (QED) is 0.171. The Labute approximate surface area is 224 Å². The molecule has 1 aliphatic rings. The Morgan fingerprint density at radius 2 is 1.71 bits per heavy atom. The third kappa shape index (κ3) is 5.03. The Hall–Kier alpha value is -4.43. The van der Waals surface area contributed by atoms with Crippen LogP contribution in [0.4, 0.5) is 5.13 Å². The van der Waals surface area contributed by atoms with Gasteiger partial charge >= 0.3 is 5.91 Å². The monoisotopic (exact) mass is 526 g/mol. The van der Waals surface area contributed by atoms with E-state index in [1.807, 2.05) is 32.0 Å². The average Bonchev–Trinajstić information content (AvgIpc) is 3.55. The normalized spacial score (nSPS) is 16.6. The largest absolute Gasteiger partial charge is 0.507 e. The standard InChI is InChI=1S/C30H26N2O5S/c1-3-36-23-11-7-21(8-12-23)26-25(28(34)29(35)32(26)30-31-15-16-38-30)27(33)22-9-13-24(14-10-22)37-18-20-6-4-5-19(2)17-20/h4-17,26,33H,3,18H2,1-2H3/b27-25-. The summed E-state index contributed by atoms with van der Waals surface area (Å²) in [5, 5.41) is 13.4. The van der Waals surface area contributed by atoms with E-state index in [1.54, 1.807) is 60.1 Å². The first kappa shape index (κ1) is 25.2. The minimum atomic E-state index is -0.839. The van der Waals surface area contributed by atoms with Crippen LogP contribution in [0.1, 0.15) is 35.2 Å². The van der Waals surface area contributed by atoms with Gasteiger partial charge in [0.05, 0.1) is 18.2 Å². The number of aromatic nitrogens is 1. The molecule has 1 saturated heterocycles. The van der Waals surface area contributed by atoms with Gasteiger partial charge in [0.2, 0.25) is 0 Å². The average molecular weight is 527 g/mol. The fourth-order valence-electron chi connectivity index (χ4n) is 4.43. The molecule has 1 aliphatic heterocycles. The second-order valence-electron chi connectivity index (χ2n) is 8.79. The van der Waals surface area contributed by atoms with Crippen molar-refractivity contribution in [2.45, 2.75) is 26.5 Å². The van der Waals surface area contributed by atoms with Crippen molar-refractivity contribution in [1.29, 1.82) is 0 Å². The van der Waals surface area contributed by atoms with E-state index in [4.69, 9.17) is 9.47 Å². The lowest BCUT2D eigenvalue weighted by Crippen LogP contribution is -2.29. The Morgan fingerprint density at radius 3 is 2.37 bits per heavy atom. The van der Waals surface area contributed by atoms with Gasteiger partial charge in [0, 0.05) is 17.1 Å². The number of hydrogen-bond acceptors (Lipinski definition) is 7. The number of anilines is 1. The third-order valence-corrected chi connectivity index (χ3v) is 6.96. The van der Waals surface area contributed by atoms with E-state index >= 15 is 0 Å². The van der Waals surface area contributed by atoms with Crippen molar-refractivity contribution in [3.8, 4) is 11.5 Å². The maximum atomic E-state index is 13.3. The minimum Gasteiger partial charge on any atom is -0.507 e. The van der Waals surface area contributed by atoms with Crippen LogP contribution in [0.2, 0.25) is 0 Å². The Balaban J connectivity index is 1.48. The molecule has 0 saturated carbocycles. The lowest BCUT2D eigenvalue weighted by molar-refractivity contribution is -0.132. The molecule has 38 heavy (non-hydrogen) atoms. The number of carbonyl (C=O) groups is 2. The molecule has 1 unspecified atom stereocenters. The number of aliphatic hydroxyl groups is 1. The van der Waals surface area contributed by atoms with Crippen LogP contribution in [0, 0.1) is 6.92 Å². The van der Waals surface area contributed by atoms with Gasteiger partial charge in [0.15, 0.2) is 5.13 Å². The number of amides is 1. The lowest BCUT2D eigenvalue weighted by Gasteiger charge is -2.23. The zero-order chi connectivity index (χ0) is 26.6. The van der Waals surface area contributed by atoms with Crippen molar-refractivity contribution in [3.63, 3.8) is 0 Å². The van der Waals surface area contributed by atoms with Crippen LogP contribution in [0.15, 0.2) is 89.9 Å². The van der Waals surface area contributed by atoms with Crippen molar-refractivity contribution in [2.75, 3.05) is 11.5 Å². The van der Waals surface area contributed by atoms with Gasteiger partial charge in [-0.2, -0.15) is 0 Å². The van der Waals surface area contributed by atoms with Gasteiger partial charge in [-0.25, -0.2) is 4.98 Å². The number of hydrogen-bond donors (Lipinski definition) is 1. The van der Waals surface area contributed by atoms with Crippen molar-refractivity contribution in [1.82, 2.24) is 4.98 Å². The van der Waals surface area contributed by atoms with Gasteiger partial charge in [-0.1, -0.05) is 42.0 Å². The van der Waals surface area contributed by atoms with Gasteiger partial charge in [0.25, 0.3) is 5.78 Å². The molecule has 192 valence electrons. The number of aliphatic hydroxyl groups excluding tert-OH is 1. The van der Waals surface area contributed by atoms with E-state index in [9.17, 15) is 14.7 Å². The van der Waals surface area contributed by atoms with Crippen LogP contribution >= 0.6 is 11.3 Å². The number of Topliss-reactive ketones (excluding diaryl/α,β-unsaturated/α-hetero) is 1. The Kier molecular flexibility index (Phi) is 7.24. The van der Waals surface area contributed by atoms with Gasteiger partial charge in [-0.15, -0.1) is 11.3 Å². The molecule has 3 aromatic carbocycles. The van der Waals surface area contributed by atoms with E-state index in [2.05, 4.69) is 11.1 Å². The summed E-state index contributed by atoms with van der Waals surface area (Å²) in [6, 6.07) is 21.2. The summed E-state index contributed by atoms with van der Waals surface area (Å²) in [4.78, 5) is 32.0. The molecule has 1 N–H and O–H groups in total. The highest BCUT2D eigenvalue weighted by Gasteiger charge is 2.48. The molecule has 7 nitrogen and oxygen atoms in total. The molecule has 0 bridgehead atoms. The summed E-state index contributed by atoms with van der Waals surface area (Å²) in [5.74, 6) is -0.473. The molecule has 1 atom stereocenters. The predicted octanol–water partition coefficient (Wildman–Crippen LogP) is 6.06. The molecule has 0 spiro atoms. The molecule has 5 rings (SSSR count). The van der Waals surface area contributed by atoms with Gasteiger partial charge in [-0.05, 0) is 61.4 Å². The second kappa shape index (κ2) is 10.9. The smallest absolute Gasteiger partial charge is 0.301 e. The molecule has 1 fully saturated rings. The SMILES string of the molecule is CCOc1ccc(C2/C(=C(/O)c3ccc(OCc4cccc(C)c4)cc3)C(=O)C(=O)N2c2nccs2)cc1. The summed E-state index contributed by atoms with van der Waals surface area (Å²) >= 11 is 1.25. The molecule has 4 aromatic rings. The van der Waals surface area contributed by atoms with Gasteiger partial charge in [0.1, 0.15) is 23.9 Å². The first-order valence-electron chi connectivity index (χ1n) is 12.2. The predicted molar refractivity (Wildman–Crippen MR) is 146 cm³/mol. The lowest BCUT2D eigenvalue weighted by atomic mass is 9.95. The van der Waals surface area contributed by atoms with Crippen LogP contribution in [0.3, 0.4) is 0 Å².